The smallest absolute Gasteiger partial charge is 0.240 e. The van der Waals surface area contributed by atoms with Crippen LogP contribution in [-0.4, -0.2) is 45.5 Å². The average molecular weight is 257 g/mol. The third-order valence-corrected chi connectivity index (χ3v) is 3.16. The lowest BCUT2D eigenvalue weighted by atomic mass is 9.96. The topological polar surface area (TPSA) is 62.4 Å². The normalized spacial score (nSPS) is 25.8. The van der Waals surface area contributed by atoms with Crippen LogP contribution in [0.15, 0.2) is 4.52 Å². The lowest BCUT2D eigenvalue weighted by Crippen LogP contribution is -2.32. The van der Waals surface area contributed by atoms with Crippen molar-refractivity contribution in [2.75, 3.05) is 13.2 Å². The zero-order valence-corrected chi connectivity index (χ0v) is 11.1. The Balaban J connectivity index is 2.03. The summed E-state index contributed by atoms with van der Waals surface area (Å²) in [5.74, 6) is 1.13. The molecule has 1 aromatic heterocycles. The van der Waals surface area contributed by atoms with Crippen LogP contribution in [0.25, 0.3) is 0 Å². The van der Waals surface area contributed by atoms with E-state index >= 15 is 0 Å². The number of nitrogens with zero attached hydrogens (tertiary/aromatic N) is 3. The van der Waals surface area contributed by atoms with Gasteiger partial charge in [0.1, 0.15) is 6.17 Å². The molecule has 1 saturated heterocycles. The largest absolute Gasteiger partial charge is 0.395 e. The summed E-state index contributed by atoms with van der Waals surface area (Å²) in [5.41, 5.74) is -0.161. The molecule has 5 nitrogen and oxygen atoms in total. The van der Waals surface area contributed by atoms with Crippen molar-refractivity contribution < 1.29 is 14.0 Å². The molecule has 0 amide bonds. The second-order valence-electron chi connectivity index (χ2n) is 5.86. The van der Waals surface area contributed by atoms with Crippen molar-refractivity contribution in [3.63, 3.8) is 0 Å². The van der Waals surface area contributed by atoms with E-state index in [2.05, 4.69) is 10.1 Å². The Bertz CT molecular complexity index is 402. The van der Waals surface area contributed by atoms with Crippen molar-refractivity contribution in [1.82, 2.24) is 15.0 Å². The van der Waals surface area contributed by atoms with E-state index < -0.39 is 6.17 Å². The van der Waals surface area contributed by atoms with Gasteiger partial charge in [-0.2, -0.15) is 4.98 Å². The molecule has 2 atom stereocenters. The molecule has 6 heteroatoms. The highest BCUT2D eigenvalue weighted by Gasteiger charge is 2.33. The van der Waals surface area contributed by atoms with Crippen LogP contribution in [0.5, 0.6) is 0 Å². The molecule has 0 aliphatic carbocycles. The van der Waals surface area contributed by atoms with Crippen LogP contribution in [0.1, 0.15) is 38.9 Å². The lowest BCUT2D eigenvalue weighted by molar-refractivity contribution is 0.140. The minimum Gasteiger partial charge on any atom is -0.395 e. The Labute approximate surface area is 106 Å². The van der Waals surface area contributed by atoms with E-state index in [4.69, 9.17) is 4.52 Å². The number of aromatic nitrogens is 2. The number of likely N-dealkylation sites (tertiary alicyclic amines) is 1. The van der Waals surface area contributed by atoms with Crippen LogP contribution in [0.3, 0.4) is 0 Å². The average Bonchev–Trinajstić information content (AvgIpc) is 2.85. The molecule has 102 valence electrons. The maximum Gasteiger partial charge on any atom is 0.240 e. The number of aliphatic hydroxyl groups excluding tert-OH is 1. The Kier molecular flexibility index (Phi) is 3.68. The first-order chi connectivity index (χ1) is 8.40. The molecule has 0 spiro atoms. The predicted molar refractivity (Wildman–Crippen MR) is 63.8 cm³/mol. The molecular formula is C12H20FN3O2. The van der Waals surface area contributed by atoms with Gasteiger partial charge in [-0.1, -0.05) is 25.9 Å². The fraction of sp³-hybridized carbons (Fsp3) is 0.833. The third-order valence-electron chi connectivity index (χ3n) is 3.16. The number of hydrogen-bond acceptors (Lipinski definition) is 5. The first-order valence-electron chi connectivity index (χ1n) is 6.22. The highest BCUT2D eigenvalue weighted by Crippen LogP contribution is 2.23. The number of aliphatic hydroxyl groups is 1. The number of halogens is 1. The molecule has 1 fully saturated rings. The molecule has 1 N–H and O–H groups in total. The van der Waals surface area contributed by atoms with Crippen LogP contribution < -0.4 is 0 Å². The Hall–Kier alpha value is -1.01. The van der Waals surface area contributed by atoms with Crippen molar-refractivity contribution in [2.24, 2.45) is 0 Å². The van der Waals surface area contributed by atoms with Gasteiger partial charge in [0.2, 0.25) is 5.89 Å². The lowest BCUT2D eigenvalue weighted by Gasteiger charge is -2.19. The van der Waals surface area contributed by atoms with Gasteiger partial charge in [-0.25, -0.2) is 4.39 Å². The molecule has 1 aromatic rings. The van der Waals surface area contributed by atoms with Crippen LogP contribution >= 0.6 is 0 Å². The first kappa shape index (κ1) is 13.4. The summed E-state index contributed by atoms with van der Waals surface area (Å²) >= 11 is 0. The Morgan fingerprint density at radius 3 is 2.78 bits per heavy atom. The van der Waals surface area contributed by atoms with Crippen molar-refractivity contribution in [1.29, 1.82) is 0 Å². The van der Waals surface area contributed by atoms with Gasteiger partial charge in [0.15, 0.2) is 5.82 Å². The second kappa shape index (κ2) is 4.93. The van der Waals surface area contributed by atoms with Crippen LogP contribution in [-0.2, 0) is 12.0 Å². The standard InChI is InChI=1S/C12H20FN3O2/c1-12(2,3)11-14-10(18-15-11)6-16-5-8(13)4-9(16)7-17/h8-9,17H,4-7H2,1-3H3/t8-,9-/m0/s1. The van der Waals surface area contributed by atoms with E-state index in [-0.39, 0.29) is 18.1 Å². The van der Waals surface area contributed by atoms with Crippen LogP contribution in [0.4, 0.5) is 4.39 Å². The molecule has 0 unspecified atom stereocenters. The van der Waals surface area contributed by atoms with Gasteiger partial charge in [-0.05, 0) is 6.42 Å². The second-order valence-corrected chi connectivity index (χ2v) is 5.86. The molecule has 0 aromatic carbocycles. The zero-order chi connectivity index (χ0) is 13.3. The van der Waals surface area contributed by atoms with Crippen LogP contribution in [0.2, 0.25) is 0 Å². The fourth-order valence-electron chi connectivity index (χ4n) is 2.10. The van der Waals surface area contributed by atoms with Gasteiger partial charge in [-0.3, -0.25) is 4.90 Å². The molecule has 2 heterocycles. The zero-order valence-electron chi connectivity index (χ0n) is 11.1. The van der Waals surface area contributed by atoms with Crippen molar-refractivity contribution in [2.45, 2.75) is 51.4 Å². The summed E-state index contributed by atoms with van der Waals surface area (Å²) in [7, 11) is 0. The maximum atomic E-state index is 13.3. The SMILES string of the molecule is CC(C)(C)c1noc(CN2C[C@@H](F)C[C@H]2CO)n1. The van der Waals surface area contributed by atoms with Gasteiger partial charge < -0.3 is 9.63 Å². The first-order valence-corrected chi connectivity index (χ1v) is 6.22. The Morgan fingerprint density at radius 2 is 2.22 bits per heavy atom. The number of hydrogen-bond donors (Lipinski definition) is 1. The van der Waals surface area contributed by atoms with Crippen molar-refractivity contribution in [3.05, 3.63) is 11.7 Å². The van der Waals surface area contributed by atoms with E-state index in [1.165, 1.54) is 0 Å². The molecular weight excluding hydrogens is 237 g/mol. The number of rotatable bonds is 3. The minimum atomic E-state index is -0.882. The monoisotopic (exact) mass is 257 g/mol. The quantitative estimate of drug-likeness (QED) is 0.883. The van der Waals surface area contributed by atoms with Gasteiger partial charge in [0.05, 0.1) is 13.2 Å². The molecule has 0 radical (unpaired) electrons. The molecule has 1 aliphatic rings. The van der Waals surface area contributed by atoms with Crippen molar-refractivity contribution in [3.8, 4) is 0 Å². The van der Waals surface area contributed by atoms with Gasteiger partial charge in [0.25, 0.3) is 0 Å². The van der Waals surface area contributed by atoms with E-state index in [1.54, 1.807) is 0 Å². The fourth-order valence-corrected chi connectivity index (χ4v) is 2.10. The summed E-state index contributed by atoms with van der Waals surface area (Å²) in [6, 6.07) is -0.148. The highest BCUT2D eigenvalue weighted by molar-refractivity contribution is 5.00. The van der Waals surface area contributed by atoms with Gasteiger partial charge in [-0.15, -0.1) is 0 Å². The van der Waals surface area contributed by atoms with E-state index in [0.29, 0.717) is 31.2 Å². The summed E-state index contributed by atoms with van der Waals surface area (Å²) in [6.07, 6.45) is -0.510. The summed E-state index contributed by atoms with van der Waals surface area (Å²) < 4.78 is 18.5. The summed E-state index contributed by atoms with van der Waals surface area (Å²) in [4.78, 5) is 6.17. The minimum absolute atomic E-state index is 0.0410. The van der Waals surface area contributed by atoms with Gasteiger partial charge in [0, 0.05) is 18.0 Å². The van der Waals surface area contributed by atoms with Gasteiger partial charge >= 0.3 is 0 Å². The number of alkyl halides is 1. The maximum absolute atomic E-state index is 13.3. The molecule has 2 rings (SSSR count). The predicted octanol–water partition coefficient (Wildman–Crippen LogP) is 1.27. The molecule has 0 saturated carbocycles. The molecule has 1 aliphatic heterocycles. The third kappa shape index (κ3) is 2.87. The Morgan fingerprint density at radius 1 is 1.50 bits per heavy atom. The molecule has 0 bridgehead atoms. The molecule has 18 heavy (non-hydrogen) atoms. The highest BCUT2D eigenvalue weighted by atomic mass is 19.1. The summed E-state index contributed by atoms with van der Waals surface area (Å²) in [5, 5.41) is 13.1. The van der Waals surface area contributed by atoms with Crippen LogP contribution in [0, 0.1) is 0 Å². The van der Waals surface area contributed by atoms with E-state index in [9.17, 15) is 9.50 Å². The van der Waals surface area contributed by atoms with E-state index in [1.807, 2.05) is 25.7 Å². The van der Waals surface area contributed by atoms with E-state index in [0.717, 1.165) is 0 Å². The summed E-state index contributed by atoms with van der Waals surface area (Å²) in [6.45, 7) is 6.69. The van der Waals surface area contributed by atoms with Crippen molar-refractivity contribution >= 4 is 0 Å².